The number of carbonyl (C=O) groups is 1. The Morgan fingerprint density at radius 3 is 1.64 bits per heavy atom. The molecule has 0 aromatic rings. The Labute approximate surface area is 86.0 Å². The van der Waals surface area contributed by atoms with Crippen molar-refractivity contribution in [1.29, 1.82) is 0 Å². The molecule has 0 unspecified atom stereocenters. The minimum atomic E-state index is 0.225. The molecule has 0 aromatic heterocycles. The summed E-state index contributed by atoms with van der Waals surface area (Å²) in [5.74, 6) is 0.225. The lowest BCUT2D eigenvalue weighted by Crippen LogP contribution is -2.39. The van der Waals surface area contributed by atoms with Gasteiger partial charge in [-0.1, -0.05) is 0 Å². The highest BCUT2D eigenvalue weighted by atomic mass is 16.2. The standard InChI is InChI=1S/C6H11NO.C4H10N2/c1-6(8)7-4-2-3-5-7;1-2-6-4-3-5-1/h2-5H2,1H3;5-6H,1-4H2. The van der Waals surface area contributed by atoms with Gasteiger partial charge in [0.25, 0.3) is 0 Å². The number of hydrogen-bond acceptors (Lipinski definition) is 3. The van der Waals surface area contributed by atoms with Gasteiger partial charge in [-0.25, -0.2) is 0 Å². The average Bonchev–Trinajstić information content (AvgIpc) is 2.74. The van der Waals surface area contributed by atoms with Crippen LogP contribution in [-0.2, 0) is 4.79 Å². The molecule has 2 aliphatic rings. The molecule has 82 valence electrons. The molecule has 0 bridgehead atoms. The fourth-order valence-corrected chi connectivity index (χ4v) is 1.64. The summed E-state index contributed by atoms with van der Waals surface area (Å²) in [5.41, 5.74) is 0. The average molecular weight is 199 g/mol. The molecule has 0 aromatic carbocycles. The monoisotopic (exact) mass is 199 g/mol. The highest BCUT2D eigenvalue weighted by Crippen LogP contribution is 2.05. The first-order valence-corrected chi connectivity index (χ1v) is 5.47. The molecular formula is C10H21N3O. The lowest BCUT2D eigenvalue weighted by Gasteiger charge is -2.11. The van der Waals surface area contributed by atoms with E-state index in [9.17, 15) is 4.79 Å². The minimum absolute atomic E-state index is 0.225. The summed E-state index contributed by atoms with van der Waals surface area (Å²) in [5, 5.41) is 6.44. The van der Waals surface area contributed by atoms with Gasteiger partial charge in [0, 0.05) is 46.2 Å². The number of likely N-dealkylation sites (tertiary alicyclic amines) is 1. The Morgan fingerprint density at radius 1 is 1.00 bits per heavy atom. The number of amides is 1. The Bertz CT molecular complexity index is 151. The number of piperazine rings is 1. The summed E-state index contributed by atoms with van der Waals surface area (Å²) in [7, 11) is 0. The van der Waals surface area contributed by atoms with Crippen LogP contribution in [0.3, 0.4) is 0 Å². The normalized spacial score (nSPS) is 21.4. The van der Waals surface area contributed by atoms with Gasteiger partial charge in [-0.2, -0.15) is 0 Å². The third-order valence-corrected chi connectivity index (χ3v) is 2.51. The van der Waals surface area contributed by atoms with Crippen molar-refractivity contribution in [2.24, 2.45) is 0 Å². The summed E-state index contributed by atoms with van der Waals surface area (Å²) in [6, 6.07) is 0. The van der Waals surface area contributed by atoms with Crippen molar-refractivity contribution in [2.45, 2.75) is 19.8 Å². The van der Waals surface area contributed by atoms with Gasteiger partial charge in [0.15, 0.2) is 0 Å². The number of hydrogen-bond donors (Lipinski definition) is 2. The lowest BCUT2D eigenvalue weighted by atomic mass is 10.4. The van der Waals surface area contributed by atoms with Gasteiger partial charge in [0.2, 0.25) is 5.91 Å². The second kappa shape index (κ2) is 6.79. The van der Waals surface area contributed by atoms with Crippen LogP contribution >= 0.6 is 0 Å². The number of carbonyl (C=O) groups excluding carboxylic acids is 1. The van der Waals surface area contributed by atoms with E-state index in [1.54, 1.807) is 6.92 Å². The van der Waals surface area contributed by atoms with Crippen LogP contribution in [0.5, 0.6) is 0 Å². The highest BCUT2D eigenvalue weighted by molar-refractivity contribution is 5.73. The van der Waals surface area contributed by atoms with E-state index in [0.29, 0.717) is 0 Å². The van der Waals surface area contributed by atoms with Crippen molar-refractivity contribution in [2.75, 3.05) is 39.3 Å². The van der Waals surface area contributed by atoms with E-state index >= 15 is 0 Å². The fraction of sp³-hybridized carbons (Fsp3) is 0.900. The second-order valence-electron chi connectivity index (χ2n) is 3.71. The van der Waals surface area contributed by atoms with Gasteiger partial charge in [-0.15, -0.1) is 0 Å². The first-order chi connectivity index (χ1) is 6.80. The van der Waals surface area contributed by atoms with Crippen molar-refractivity contribution in [3.05, 3.63) is 0 Å². The smallest absolute Gasteiger partial charge is 0.219 e. The third-order valence-electron chi connectivity index (χ3n) is 2.51. The SMILES string of the molecule is C1CNCCN1.CC(=O)N1CCCC1. The van der Waals surface area contributed by atoms with E-state index in [-0.39, 0.29) is 5.91 Å². The van der Waals surface area contributed by atoms with Crippen molar-refractivity contribution in [3.63, 3.8) is 0 Å². The Hall–Kier alpha value is -0.610. The summed E-state index contributed by atoms with van der Waals surface area (Å²) in [6.07, 6.45) is 2.39. The van der Waals surface area contributed by atoms with Crippen LogP contribution in [0.4, 0.5) is 0 Å². The van der Waals surface area contributed by atoms with E-state index in [2.05, 4.69) is 10.6 Å². The van der Waals surface area contributed by atoms with E-state index in [0.717, 1.165) is 39.3 Å². The molecule has 14 heavy (non-hydrogen) atoms. The van der Waals surface area contributed by atoms with Gasteiger partial charge in [0.1, 0.15) is 0 Å². The minimum Gasteiger partial charge on any atom is -0.343 e. The lowest BCUT2D eigenvalue weighted by molar-refractivity contribution is -0.127. The molecule has 2 heterocycles. The molecule has 2 rings (SSSR count). The maximum Gasteiger partial charge on any atom is 0.219 e. The van der Waals surface area contributed by atoms with Crippen molar-refractivity contribution in [3.8, 4) is 0 Å². The van der Waals surface area contributed by atoms with Crippen LogP contribution < -0.4 is 10.6 Å². The zero-order valence-corrected chi connectivity index (χ0v) is 9.01. The van der Waals surface area contributed by atoms with Crippen LogP contribution in [0, 0.1) is 0 Å². The van der Waals surface area contributed by atoms with Crippen molar-refractivity contribution >= 4 is 5.91 Å². The van der Waals surface area contributed by atoms with E-state index in [1.807, 2.05) is 4.90 Å². The molecule has 1 amide bonds. The molecule has 0 atom stereocenters. The Morgan fingerprint density at radius 2 is 1.43 bits per heavy atom. The van der Waals surface area contributed by atoms with E-state index < -0.39 is 0 Å². The summed E-state index contributed by atoms with van der Waals surface area (Å²) < 4.78 is 0. The Balaban J connectivity index is 0.000000146. The second-order valence-corrected chi connectivity index (χ2v) is 3.71. The largest absolute Gasteiger partial charge is 0.343 e. The van der Waals surface area contributed by atoms with E-state index in [1.165, 1.54) is 12.8 Å². The molecule has 2 N–H and O–H groups in total. The van der Waals surface area contributed by atoms with Gasteiger partial charge in [0.05, 0.1) is 0 Å². The van der Waals surface area contributed by atoms with Gasteiger partial charge >= 0.3 is 0 Å². The van der Waals surface area contributed by atoms with Crippen LogP contribution in [0.25, 0.3) is 0 Å². The number of rotatable bonds is 0. The maximum absolute atomic E-state index is 10.6. The molecular weight excluding hydrogens is 178 g/mol. The number of nitrogens with one attached hydrogen (secondary N) is 2. The maximum atomic E-state index is 10.6. The molecule has 0 radical (unpaired) electrons. The van der Waals surface area contributed by atoms with Gasteiger partial charge in [-0.05, 0) is 12.8 Å². The molecule has 0 saturated carbocycles. The summed E-state index contributed by atoms with van der Waals surface area (Å²) >= 11 is 0. The van der Waals surface area contributed by atoms with Crippen molar-refractivity contribution < 1.29 is 4.79 Å². The summed E-state index contributed by atoms with van der Waals surface area (Å²) in [4.78, 5) is 12.5. The number of nitrogens with zero attached hydrogens (tertiary/aromatic N) is 1. The van der Waals surface area contributed by atoms with Crippen molar-refractivity contribution in [1.82, 2.24) is 15.5 Å². The molecule has 2 saturated heterocycles. The molecule has 2 aliphatic heterocycles. The highest BCUT2D eigenvalue weighted by Gasteiger charge is 2.12. The molecule has 4 heteroatoms. The third kappa shape index (κ3) is 4.58. The first-order valence-electron chi connectivity index (χ1n) is 5.47. The first kappa shape index (κ1) is 11.5. The van der Waals surface area contributed by atoms with Crippen LogP contribution in [0.15, 0.2) is 0 Å². The topological polar surface area (TPSA) is 44.4 Å². The quantitative estimate of drug-likeness (QED) is 0.568. The fourth-order valence-electron chi connectivity index (χ4n) is 1.64. The van der Waals surface area contributed by atoms with Gasteiger partial charge < -0.3 is 15.5 Å². The molecule has 0 spiro atoms. The molecule has 2 fully saturated rings. The van der Waals surface area contributed by atoms with Crippen LogP contribution in [-0.4, -0.2) is 50.1 Å². The summed E-state index contributed by atoms with van der Waals surface area (Å²) in [6.45, 7) is 8.15. The van der Waals surface area contributed by atoms with E-state index in [4.69, 9.17) is 0 Å². The van der Waals surface area contributed by atoms with Gasteiger partial charge in [-0.3, -0.25) is 4.79 Å². The molecule has 0 aliphatic carbocycles. The zero-order valence-electron chi connectivity index (χ0n) is 9.01. The predicted molar refractivity (Wildman–Crippen MR) is 57.2 cm³/mol. The zero-order chi connectivity index (χ0) is 10.2. The van der Waals surface area contributed by atoms with Crippen LogP contribution in [0.1, 0.15) is 19.8 Å². The molecule has 4 nitrogen and oxygen atoms in total. The predicted octanol–water partition coefficient (Wildman–Crippen LogP) is -0.192. The van der Waals surface area contributed by atoms with Crippen LogP contribution in [0.2, 0.25) is 0 Å². The Kier molecular flexibility index (Phi) is 5.56.